The van der Waals surface area contributed by atoms with Gasteiger partial charge in [0.05, 0.1) is 5.69 Å². The minimum absolute atomic E-state index is 0.136. The first kappa shape index (κ1) is 15.2. The SMILES string of the molecule is CC(C)n1cc(S(=O)(=O)N(C)C)c(C(C)(C)C)n1. The molecule has 5 nitrogen and oxygen atoms in total. The second kappa shape index (κ2) is 4.66. The van der Waals surface area contributed by atoms with E-state index in [0.717, 1.165) is 0 Å². The number of hydrogen-bond acceptors (Lipinski definition) is 3. The van der Waals surface area contributed by atoms with E-state index >= 15 is 0 Å². The van der Waals surface area contributed by atoms with Gasteiger partial charge in [-0.2, -0.15) is 5.10 Å². The van der Waals surface area contributed by atoms with Crippen molar-refractivity contribution in [1.29, 1.82) is 0 Å². The Hall–Kier alpha value is -0.880. The van der Waals surface area contributed by atoms with Crippen LogP contribution in [0.4, 0.5) is 0 Å². The summed E-state index contributed by atoms with van der Waals surface area (Å²) in [5.74, 6) is 0. The van der Waals surface area contributed by atoms with Crippen molar-refractivity contribution in [2.75, 3.05) is 14.1 Å². The molecular weight excluding hydrogens is 250 g/mol. The Labute approximate surface area is 110 Å². The highest BCUT2D eigenvalue weighted by atomic mass is 32.2. The smallest absolute Gasteiger partial charge is 0.245 e. The number of aromatic nitrogens is 2. The molecule has 18 heavy (non-hydrogen) atoms. The number of nitrogens with zero attached hydrogens (tertiary/aromatic N) is 3. The molecule has 1 rings (SSSR count). The van der Waals surface area contributed by atoms with E-state index in [9.17, 15) is 8.42 Å². The maximum atomic E-state index is 12.3. The number of rotatable bonds is 3. The normalized spacial score (nSPS) is 13.6. The van der Waals surface area contributed by atoms with E-state index in [1.807, 2.05) is 34.6 Å². The van der Waals surface area contributed by atoms with E-state index < -0.39 is 10.0 Å². The highest BCUT2D eigenvalue weighted by Gasteiger charge is 2.31. The Bertz CT molecular complexity index is 522. The van der Waals surface area contributed by atoms with Gasteiger partial charge in [0.2, 0.25) is 10.0 Å². The average molecular weight is 273 g/mol. The van der Waals surface area contributed by atoms with Gasteiger partial charge in [-0.1, -0.05) is 20.8 Å². The quantitative estimate of drug-likeness (QED) is 0.846. The molecule has 0 bridgehead atoms. The minimum atomic E-state index is -3.45. The Kier molecular flexibility index (Phi) is 3.93. The van der Waals surface area contributed by atoms with E-state index in [2.05, 4.69) is 5.10 Å². The zero-order valence-corrected chi connectivity index (χ0v) is 13.0. The van der Waals surface area contributed by atoms with Crippen molar-refractivity contribution >= 4 is 10.0 Å². The molecule has 0 aliphatic rings. The van der Waals surface area contributed by atoms with Crippen LogP contribution < -0.4 is 0 Å². The molecule has 1 aromatic rings. The van der Waals surface area contributed by atoms with Crippen LogP contribution in [0.25, 0.3) is 0 Å². The second-order valence-electron chi connectivity index (χ2n) is 5.95. The maximum absolute atomic E-state index is 12.3. The summed E-state index contributed by atoms with van der Waals surface area (Å²) in [6.45, 7) is 9.86. The first-order valence-corrected chi connectivity index (χ1v) is 7.44. The van der Waals surface area contributed by atoms with Crippen LogP contribution >= 0.6 is 0 Å². The van der Waals surface area contributed by atoms with Crippen molar-refractivity contribution in [1.82, 2.24) is 14.1 Å². The van der Waals surface area contributed by atoms with Gasteiger partial charge in [-0.3, -0.25) is 4.68 Å². The highest BCUT2D eigenvalue weighted by molar-refractivity contribution is 7.89. The van der Waals surface area contributed by atoms with E-state index in [4.69, 9.17) is 0 Å². The molecule has 0 saturated carbocycles. The van der Waals surface area contributed by atoms with Gasteiger partial charge in [0.1, 0.15) is 4.90 Å². The Morgan fingerprint density at radius 2 is 1.78 bits per heavy atom. The zero-order chi connectivity index (χ0) is 14.3. The van der Waals surface area contributed by atoms with Gasteiger partial charge in [0, 0.05) is 31.7 Å². The summed E-state index contributed by atoms with van der Waals surface area (Å²) in [6, 6.07) is 0.136. The molecule has 0 aliphatic carbocycles. The molecule has 1 heterocycles. The molecule has 0 N–H and O–H groups in total. The average Bonchev–Trinajstić information content (AvgIpc) is 2.61. The molecule has 0 aliphatic heterocycles. The van der Waals surface area contributed by atoms with Crippen molar-refractivity contribution in [3.8, 4) is 0 Å². The predicted octanol–water partition coefficient (Wildman–Crippen LogP) is 2.01. The first-order valence-electron chi connectivity index (χ1n) is 6.00. The lowest BCUT2D eigenvalue weighted by molar-refractivity contribution is 0.490. The van der Waals surface area contributed by atoms with Crippen molar-refractivity contribution in [3.63, 3.8) is 0 Å². The number of sulfonamides is 1. The second-order valence-corrected chi connectivity index (χ2v) is 8.07. The summed E-state index contributed by atoms with van der Waals surface area (Å²) in [7, 11) is -0.381. The molecule has 0 atom stereocenters. The van der Waals surface area contributed by atoms with Gasteiger partial charge in [-0.05, 0) is 13.8 Å². The van der Waals surface area contributed by atoms with Gasteiger partial charge in [-0.15, -0.1) is 0 Å². The summed E-state index contributed by atoms with van der Waals surface area (Å²) in [5, 5.41) is 4.44. The molecule has 104 valence electrons. The van der Waals surface area contributed by atoms with Crippen molar-refractivity contribution < 1.29 is 8.42 Å². The molecule has 1 aromatic heterocycles. The first-order chi connectivity index (χ1) is 7.98. The van der Waals surface area contributed by atoms with E-state index in [1.54, 1.807) is 10.9 Å². The fraction of sp³-hybridized carbons (Fsp3) is 0.750. The molecule has 6 heteroatoms. The van der Waals surface area contributed by atoms with Crippen LogP contribution in [0, 0.1) is 0 Å². The predicted molar refractivity (Wildman–Crippen MR) is 72.2 cm³/mol. The van der Waals surface area contributed by atoms with Gasteiger partial charge in [-0.25, -0.2) is 12.7 Å². The Balaban J connectivity index is 3.53. The summed E-state index contributed by atoms with van der Waals surface area (Å²) in [4.78, 5) is 0.300. The summed E-state index contributed by atoms with van der Waals surface area (Å²) < 4.78 is 27.5. The Morgan fingerprint density at radius 3 is 2.11 bits per heavy atom. The van der Waals surface area contributed by atoms with Gasteiger partial charge in [0.25, 0.3) is 0 Å². The van der Waals surface area contributed by atoms with E-state index in [0.29, 0.717) is 10.6 Å². The third kappa shape index (κ3) is 2.75. The van der Waals surface area contributed by atoms with Crippen molar-refractivity contribution in [2.24, 2.45) is 0 Å². The fourth-order valence-electron chi connectivity index (χ4n) is 1.54. The lowest BCUT2D eigenvalue weighted by Gasteiger charge is -2.19. The molecular formula is C12H23N3O2S. The van der Waals surface area contributed by atoms with Gasteiger partial charge in [0.15, 0.2) is 0 Å². The van der Waals surface area contributed by atoms with E-state index in [1.165, 1.54) is 18.4 Å². The lowest BCUT2D eigenvalue weighted by atomic mass is 9.92. The Morgan fingerprint density at radius 1 is 1.28 bits per heavy atom. The maximum Gasteiger partial charge on any atom is 0.245 e. The monoisotopic (exact) mass is 273 g/mol. The van der Waals surface area contributed by atoms with Gasteiger partial charge >= 0.3 is 0 Å². The molecule has 0 unspecified atom stereocenters. The van der Waals surface area contributed by atoms with Gasteiger partial charge < -0.3 is 0 Å². The summed E-state index contributed by atoms with van der Waals surface area (Å²) in [5.41, 5.74) is 0.309. The van der Waals surface area contributed by atoms with Crippen molar-refractivity contribution in [2.45, 2.75) is 51.0 Å². The summed E-state index contributed by atoms with van der Waals surface area (Å²) in [6.07, 6.45) is 1.63. The molecule has 0 aromatic carbocycles. The highest BCUT2D eigenvalue weighted by Crippen LogP contribution is 2.29. The molecule has 0 fully saturated rings. The van der Waals surface area contributed by atoms with Crippen LogP contribution in [0.2, 0.25) is 0 Å². The van der Waals surface area contributed by atoms with Crippen LogP contribution in [0.15, 0.2) is 11.1 Å². The van der Waals surface area contributed by atoms with Crippen LogP contribution in [0.1, 0.15) is 46.4 Å². The van der Waals surface area contributed by atoms with Crippen LogP contribution in [0.5, 0.6) is 0 Å². The topological polar surface area (TPSA) is 55.2 Å². The lowest BCUT2D eigenvalue weighted by Crippen LogP contribution is -2.25. The molecule has 0 radical (unpaired) electrons. The molecule has 0 spiro atoms. The fourth-order valence-corrected chi connectivity index (χ4v) is 2.77. The van der Waals surface area contributed by atoms with E-state index in [-0.39, 0.29) is 11.5 Å². The van der Waals surface area contributed by atoms with Crippen molar-refractivity contribution in [3.05, 3.63) is 11.9 Å². The largest absolute Gasteiger partial charge is 0.269 e. The molecule has 0 saturated heterocycles. The van der Waals surface area contributed by atoms with Crippen LogP contribution in [-0.4, -0.2) is 36.6 Å². The third-order valence-corrected chi connectivity index (χ3v) is 4.51. The summed E-state index contributed by atoms with van der Waals surface area (Å²) >= 11 is 0. The standard InChI is InChI=1S/C12H23N3O2S/c1-9(2)15-8-10(18(16,17)14(6)7)11(13-15)12(3,4)5/h8-9H,1-7H3. The third-order valence-electron chi connectivity index (χ3n) is 2.70. The minimum Gasteiger partial charge on any atom is -0.269 e. The molecule has 0 amide bonds. The van der Waals surface area contributed by atoms with Crippen LogP contribution in [-0.2, 0) is 15.4 Å². The van der Waals surface area contributed by atoms with Crippen LogP contribution in [0.3, 0.4) is 0 Å². The zero-order valence-electron chi connectivity index (χ0n) is 12.2. The number of hydrogen-bond donors (Lipinski definition) is 0.